The molecule has 0 radical (unpaired) electrons. The van der Waals surface area contributed by atoms with Crippen LogP contribution in [0.2, 0.25) is 0 Å². The summed E-state index contributed by atoms with van der Waals surface area (Å²) in [5.74, 6) is 1.54. The van der Waals surface area contributed by atoms with Crippen molar-refractivity contribution in [3.05, 3.63) is 41.6 Å². The van der Waals surface area contributed by atoms with Crippen molar-refractivity contribution < 1.29 is 13.2 Å². The molecule has 0 unspecified atom stereocenters. The molecule has 0 spiro atoms. The molecule has 1 N–H and O–H groups in total. The van der Waals surface area contributed by atoms with E-state index in [4.69, 9.17) is 0 Å². The third kappa shape index (κ3) is 5.52. The number of rotatable bonds is 7. The molecule has 1 saturated heterocycles. The molecule has 2 heterocycles. The number of benzene rings is 1. The summed E-state index contributed by atoms with van der Waals surface area (Å²) < 4.78 is 24.5. The highest BCUT2D eigenvalue weighted by Gasteiger charge is 2.23. The van der Waals surface area contributed by atoms with E-state index in [-0.39, 0.29) is 12.3 Å². The predicted molar refractivity (Wildman–Crippen MR) is 122 cm³/mol. The van der Waals surface area contributed by atoms with Crippen LogP contribution in [0, 0.1) is 6.92 Å². The van der Waals surface area contributed by atoms with Crippen LogP contribution in [0.25, 0.3) is 0 Å². The fourth-order valence-electron chi connectivity index (χ4n) is 3.49. The Morgan fingerprint density at radius 1 is 1.10 bits per heavy atom. The molecule has 1 amide bonds. The fourth-order valence-corrected chi connectivity index (χ4v) is 4.55. The molecule has 1 aliphatic rings. The molecule has 0 aliphatic carbocycles. The summed E-state index contributed by atoms with van der Waals surface area (Å²) in [6.07, 6.45) is 0.263. The van der Waals surface area contributed by atoms with Gasteiger partial charge in [0.1, 0.15) is 5.82 Å². The standard InChI is InChI=1S/C22H31N5O3S/c1-5-23-22-24-17(4)14-20(25-22)26-10-12-27(13-11-26)21(28)15-18-6-8-19(9-7-18)31(29,30)16(2)3/h6-9,14,16H,5,10-13,15H2,1-4H3,(H,23,24,25). The van der Waals surface area contributed by atoms with Crippen molar-refractivity contribution in [2.45, 2.75) is 44.3 Å². The Morgan fingerprint density at radius 2 is 1.74 bits per heavy atom. The zero-order valence-corrected chi connectivity index (χ0v) is 19.4. The number of nitrogens with zero attached hydrogens (tertiary/aromatic N) is 4. The van der Waals surface area contributed by atoms with E-state index in [2.05, 4.69) is 20.2 Å². The lowest BCUT2D eigenvalue weighted by molar-refractivity contribution is -0.130. The van der Waals surface area contributed by atoms with Crippen LogP contribution in [0.15, 0.2) is 35.2 Å². The summed E-state index contributed by atoms with van der Waals surface area (Å²) in [6, 6.07) is 8.61. The van der Waals surface area contributed by atoms with Gasteiger partial charge >= 0.3 is 0 Å². The zero-order valence-electron chi connectivity index (χ0n) is 18.6. The average molecular weight is 446 g/mol. The van der Waals surface area contributed by atoms with Gasteiger partial charge in [0.05, 0.1) is 16.6 Å². The maximum absolute atomic E-state index is 12.7. The van der Waals surface area contributed by atoms with E-state index in [0.717, 1.165) is 23.6 Å². The summed E-state index contributed by atoms with van der Waals surface area (Å²) >= 11 is 0. The normalized spacial score (nSPS) is 14.7. The Morgan fingerprint density at radius 3 is 2.32 bits per heavy atom. The number of carbonyl (C=O) groups is 1. The van der Waals surface area contributed by atoms with Gasteiger partial charge in [-0.25, -0.2) is 13.4 Å². The second-order valence-electron chi connectivity index (χ2n) is 8.00. The van der Waals surface area contributed by atoms with Gasteiger partial charge in [0.15, 0.2) is 9.84 Å². The minimum Gasteiger partial charge on any atom is -0.354 e. The summed E-state index contributed by atoms with van der Waals surface area (Å²) in [5, 5.41) is 2.68. The molecule has 31 heavy (non-hydrogen) atoms. The lowest BCUT2D eigenvalue weighted by Gasteiger charge is -2.35. The highest BCUT2D eigenvalue weighted by atomic mass is 32.2. The summed E-state index contributed by atoms with van der Waals surface area (Å²) in [6.45, 7) is 10.7. The maximum atomic E-state index is 12.7. The van der Waals surface area contributed by atoms with Crippen LogP contribution in [0.5, 0.6) is 0 Å². The number of piperazine rings is 1. The number of anilines is 2. The minimum absolute atomic E-state index is 0.0475. The van der Waals surface area contributed by atoms with Crippen LogP contribution < -0.4 is 10.2 Å². The molecule has 1 aliphatic heterocycles. The fraction of sp³-hybridized carbons (Fsp3) is 0.500. The molecule has 8 nitrogen and oxygen atoms in total. The molecule has 2 aromatic rings. The highest BCUT2D eigenvalue weighted by molar-refractivity contribution is 7.92. The Bertz CT molecular complexity index is 1010. The Hall–Kier alpha value is -2.68. The van der Waals surface area contributed by atoms with Gasteiger partial charge in [0.2, 0.25) is 11.9 Å². The highest BCUT2D eigenvalue weighted by Crippen LogP contribution is 2.19. The second-order valence-corrected chi connectivity index (χ2v) is 10.5. The topological polar surface area (TPSA) is 95.5 Å². The zero-order chi connectivity index (χ0) is 22.6. The number of amides is 1. The van der Waals surface area contributed by atoms with Crippen LogP contribution in [0.3, 0.4) is 0 Å². The number of hydrogen-bond donors (Lipinski definition) is 1. The van der Waals surface area contributed by atoms with Gasteiger partial charge < -0.3 is 15.1 Å². The first kappa shape index (κ1) is 23.0. The molecular weight excluding hydrogens is 414 g/mol. The third-order valence-electron chi connectivity index (χ3n) is 5.36. The Balaban J connectivity index is 1.58. The number of carbonyl (C=O) groups excluding carboxylic acids is 1. The molecule has 0 saturated carbocycles. The molecule has 1 fully saturated rings. The number of sulfone groups is 1. The monoisotopic (exact) mass is 445 g/mol. The Kier molecular flexibility index (Phi) is 7.15. The Labute approximate surface area is 184 Å². The van der Waals surface area contributed by atoms with Gasteiger partial charge in [0, 0.05) is 44.5 Å². The smallest absolute Gasteiger partial charge is 0.227 e. The van der Waals surface area contributed by atoms with E-state index in [9.17, 15) is 13.2 Å². The van der Waals surface area contributed by atoms with E-state index in [1.54, 1.807) is 38.1 Å². The number of aryl methyl sites for hydroxylation is 1. The van der Waals surface area contributed by atoms with Gasteiger partial charge in [-0.15, -0.1) is 0 Å². The largest absolute Gasteiger partial charge is 0.354 e. The summed E-state index contributed by atoms with van der Waals surface area (Å²) in [7, 11) is -3.30. The lowest BCUT2D eigenvalue weighted by atomic mass is 10.1. The predicted octanol–water partition coefficient (Wildman–Crippen LogP) is 2.29. The third-order valence-corrected chi connectivity index (χ3v) is 7.53. The van der Waals surface area contributed by atoms with E-state index in [1.165, 1.54) is 0 Å². The SMILES string of the molecule is CCNc1nc(C)cc(N2CCN(C(=O)Cc3ccc(S(=O)(=O)C(C)C)cc3)CC2)n1. The van der Waals surface area contributed by atoms with E-state index in [1.807, 2.05) is 24.8 Å². The first-order valence-electron chi connectivity index (χ1n) is 10.7. The van der Waals surface area contributed by atoms with Crippen molar-refractivity contribution in [2.24, 2.45) is 0 Å². The molecular formula is C22H31N5O3S. The van der Waals surface area contributed by atoms with Gasteiger partial charge in [-0.1, -0.05) is 12.1 Å². The van der Waals surface area contributed by atoms with Gasteiger partial charge in [0.25, 0.3) is 0 Å². The first-order chi connectivity index (χ1) is 14.7. The minimum atomic E-state index is -3.30. The first-order valence-corrected chi connectivity index (χ1v) is 12.2. The molecule has 1 aromatic heterocycles. The molecule has 3 rings (SSSR count). The van der Waals surface area contributed by atoms with Crippen LogP contribution in [-0.4, -0.2) is 67.2 Å². The van der Waals surface area contributed by atoms with Crippen molar-refractivity contribution in [3.8, 4) is 0 Å². The van der Waals surface area contributed by atoms with Crippen molar-refractivity contribution in [1.82, 2.24) is 14.9 Å². The van der Waals surface area contributed by atoms with Crippen molar-refractivity contribution in [3.63, 3.8) is 0 Å². The number of nitrogens with one attached hydrogen (secondary N) is 1. The summed E-state index contributed by atoms with van der Waals surface area (Å²) in [4.78, 5) is 26.0. The molecule has 9 heteroatoms. The maximum Gasteiger partial charge on any atom is 0.227 e. The second kappa shape index (κ2) is 9.64. The van der Waals surface area contributed by atoms with Gasteiger partial charge in [-0.05, 0) is 45.4 Å². The van der Waals surface area contributed by atoms with Crippen LogP contribution in [-0.2, 0) is 21.1 Å². The van der Waals surface area contributed by atoms with Gasteiger partial charge in [-0.3, -0.25) is 4.79 Å². The van der Waals surface area contributed by atoms with Gasteiger partial charge in [-0.2, -0.15) is 4.98 Å². The quantitative estimate of drug-likeness (QED) is 0.699. The van der Waals surface area contributed by atoms with Crippen molar-refractivity contribution in [2.75, 3.05) is 42.9 Å². The number of hydrogen-bond acceptors (Lipinski definition) is 7. The average Bonchev–Trinajstić information content (AvgIpc) is 2.74. The lowest BCUT2D eigenvalue weighted by Crippen LogP contribution is -2.49. The molecule has 0 atom stereocenters. The van der Waals surface area contributed by atoms with Crippen LogP contribution in [0.1, 0.15) is 32.0 Å². The number of aromatic nitrogens is 2. The molecule has 168 valence electrons. The van der Waals surface area contributed by atoms with Crippen LogP contribution in [0.4, 0.5) is 11.8 Å². The van der Waals surface area contributed by atoms with Crippen molar-refractivity contribution >= 4 is 27.5 Å². The molecule has 1 aromatic carbocycles. The summed E-state index contributed by atoms with van der Waals surface area (Å²) in [5.41, 5.74) is 1.72. The van der Waals surface area contributed by atoms with E-state index < -0.39 is 15.1 Å². The van der Waals surface area contributed by atoms with E-state index in [0.29, 0.717) is 37.0 Å². The van der Waals surface area contributed by atoms with Crippen molar-refractivity contribution in [1.29, 1.82) is 0 Å². The van der Waals surface area contributed by atoms with Crippen LogP contribution >= 0.6 is 0 Å². The molecule has 0 bridgehead atoms. The van der Waals surface area contributed by atoms with E-state index >= 15 is 0 Å².